The second-order valence-electron chi connectivity index (χ2n) is 5.42. The van der Waals surface area contributed by atoms with Crippen LogP contribution in [-0.2, 0) is 21.4 Å². The molecule has 0 aliphatic carbocycles. The molecule has 0 aromatic heterocycles. The van der Waals surface area contributed by atoms with Gasteiger partial charge in [-0.3, -0.25) is 14.3 Å². The van der Waals surface area contributed by atoms with Gasteiger partial charge in [-0.2, -0.15) is 0 Å². The van der Waals surface area contributed by atoms with E-state index in [1.165, 1.54) is 10.4 Å². The first-order valence-electron chi connectivity index (χ1n) is 7.25. The lowest BCUT2D eigenvalue weighted by Gasteiger charge is -2.25. The van der Waals surface area contributed by atoms with Gasteiger partial charge in [-0.1, -0.05) is 30.3 Å². The molecule has 0 saturated carbocycles. The first-order chi connectivity index (χ1) is 11.5. The molecule has 0 radical (unpaired) electrons. The smallest absolute Gasteiger partial charge is 0.265 e. The van der Waals surface area contributed by atoms with Gasteiger partial charge in [-0.15, -0.1) is 0 Å². The second kappa shape index (κ2) is 6.23. The van der Waals surface area contributed by atoms with Crippen molar-refractivity contribution in [2.45, 2.75) is 24.0 Å². The number of fused-ring (bicyclic) bond motifs is 1. The molecule has 1 atom stereocenters. The summed E-state index contributed by atoms with van der Waals surface area (Å²) in [5.41, 5.74) is 3.09. The molecular formula is C16H16N2O5S. The van der Waals surface area contributed by atoms with Crippen LogP contribution in [0.3, 0.4) is 0 Å². The topological polar surface area (TPSA) is 107 Å². The predicted molar refractivity (Wildman–Crippen MR) is 85.8 cm³/mol. The predicted octanol–water partition coefficient (Wildman–Crippen LogP) is 1.32. The molecule has 1 amide bonds. The highest BCUT2D eigenvalue weighted by atomic mass is 32.2. The van der Waals surface area contributed by atoms with Crippen molar-refractivity contribution in [1.29, 1.82) is 0 Å². The molecule has 0 saturated heterocycles. The summed E-state index contributed by atoms with van der Waals surface area (Å²) in [4.78, 5) is 11.8. The lowest BCUT2D eigenvalue weighted by molar-refractivity contribution is -0.129. The third-order valence-electron chi connectivity index (χ3n) is 3.97. The van der Waals surface area contributed by atoms with Gasteiger partial charge < -0.3 is 5.11 Å². The standard InChI is InChI=1S/C16H16N2O5S/c19-10-11-5-7-12(8-6-11)18-14(9-16(20)17-21)13-3-1-2-4-15(13)24(18,22)23/h1-8,14,19,21H,9-10H2,(H,17,20). The molecule has 1 aliphatic heterocycles. The van der Waals surface area contributed by atoms with Crippen LogP contribution >= 0.6 is 0 Å². The van der Waals surface area contributed by atoms with Crippen molar-refractivity contribution < 1.29 is 23.5 Å². The fourth-order valence-corrected chi connectivity index (χ4v) is 4.76. The van der Waals surface area contributed by atoms with Crippen LogP contribution in [0.2, 0.25) is 0 Å². The molecule has 7 nitrogen and oxygen atoms in total. The molecular weight excluding hydrogens is 332 g/mol. The highest BCUT2D eigenvalue weighted by molar-refractivity contribution is 7.93. The number of carbonyl (C=O) groups is 1. The maximum absolute atomic E-state index is 12.9. The first-order valence-corrected chi connectivity index (χ1v) is 8.69. The zero-order chi connectivity index (χ0) is 17.3. The summed E-state index contributed by atoms with van der Waals surface area (Å²) >= 11 is 0. The average Bonchev–Trinajstić information content (AvgIpc) is 2.82. The third kappa shape index (κ3) is 2.64. The van der Waals surface area contributed by atoms with E-state index in [-0.39, 0.29) is 17.9 Å². The van der Waals surface area contributed by atoms with Gasteiger partial charge in [0.2, 0.25) is 5.91 Å². The van der Waals surface area contributed by atoms with E-state index in [4.69, 9.17) is 10.3 Å². The van der Waals surface area contributed by atoms with Gasteiger partial charge in [-0.05, 0) is 29.3 Å². The number of nitrogens with zero attached hydrogens (tertiary/aromatic N) is 1. The number of carbonyl (C=O) groups excluding carboxylic acids is 1. The monoisotopic (exact) mass is 348 g/mol. The molecule has 1 unspecified atom stereocenters. The minimum Gasteiger partial charge on any atom is -0.392 e. The number of rotatable bonds is 4. The lowest BCUT2D eigenvalue weighted by atomic mass is 10.0. The van der Waals surface area contributed by atoms with E-state index in [0.29, 0.717) is 16.8 Å². The highest BCUT2D eigenvalue weighted by Gasteiger charge is 2.43. The quantitative estimate of drug-likeness (QED) is 0.571. The average molecular weight is 348 g/mol. The van der Waals surface area contributed by atoms with E-state index in [9.17, 15) is 13.2 Å². The maximum Gasteiger partial charge on any atom is 0.265 e. The zero-order valence-electron chi connectivity index (χ0n) is 12.6. The van der Waals surface area contributed by atoms with Gasteiger partial charge >= 0.3 is 0 Å². The number of anilines is 1. The van der Waals surface area contributed by atoms with E-state index < -0.39 is 22.0 Å². The third-order valence-corrected chi connectivity index (χ3v) is 5.89. The van der Waals surface area contributed by atoms with Crippen LogP contribution in [0.15, 0.2) is 53.4 Å². The van der Waals surface area contributed by atoms with Crippen molar-refractivity contribution in [3.8, 4) is 0 Å². The van der Waals surface area contributed by atoms with Gasteiger partial charge in [0.15, 0.2) is 0 Å². The molecule has 2 aromatic rings. The van der Waals surface area contributed by atoms with E-state index in [0.717, 1.165) is 0 Å². The van der Waals surface area contributed by atoms with Gasteiger partial charge in [0.05, 0.1) is 29.7 Å². The van der Waals surface area contributed by atoms with Crippen LogP contribution < -0.4 is 9.79 Å². The molecule has 24 heavy (non-hydrogen) atoms. The van der Waals surface area contributed by atoms with Gasteiger partial charge in [-0.25, -0.2) is 13.9 Å². The Morgan fingerprint density at radius 1 is 1.12 bits per heavy atom. The molecule has 1 heterocycles. The minimum absolute atomic E-state index is 0.145. The Bertz CT molecular complexity index is 864. The van der Waals surface area contributed by atoms with Crippen molar-refractivity contribution >= 4 is 21.6 Å². The second-order valence-corrected chi connectivity index (χ2v) is 7.20. The normalized spacial score (nSPS) is 18.2. The van der Waals surface area contributed by atoms with Gasteiger partial charge in [0.1, 0.15) is 0 Å². The number of amides is 1. The van der Waals surface area contributed by atoms with Crippen molar-refractivity contribution in [2.75, 3.05) is 4.31 Å². The SMILES string of the molecule is O=C(CC1c2ccccc2S(=O)(=O)N1c1ccc(CO)cc1)NO. The summed E-state index contributed by atoms with van der Waals surface area (Å²) in [5.74, 6) is -0.677. The van der Waals surface area contributed by atoms with Crippen LogP contribution in [0.1, 0.15) is 23.6 Å². The van der Waals surface area contributed by atoms with Crippen molar-refractivity contribution in [1.82, 2.24) is 5.48 Å². The Morgan fingerprint density at radius 3 is 2.42 bits per heavy atom. The number of benzene rings is 2. The van der Waals surface area contributed by atoms with Crippen molar-refractivity contribution in [3.05, 3.63) is 59.7 Å². The Hall–Kier alpha value is -2.42. The Morgan fingerprint density at radius 2 is 1.79 bits per heavy atom. The van der Waals surface area contributed by atoms with Crippen LogP contribution in [0.25, 0.3) is 0 Å². The number of aliphatic hydroxyl groups is 1. The number of hydroxylamine groups is 1. The largest absolute Gasteiger partial charge is 0.392 e. The number of aliphatic hydroxyl groups excluding tert-OH is 1. The first kappa shape index (κ1) is 16.4. The summed E-state index contributed by atoms with van der Waals surface area (Å²) in [6.07, 6.45) is -0.214. The van der Waals surface area contributed by atoms with E-state index >= 15 is 0 Å². The molecule has 8 heteroatoms. The Kier molecular flexibility index (Phi) is 4.27. The molecule has 3 rings (SSSR count). The molecule has 3 N–H and O–H groups in total. The van der Waals surface area contributed by atoms with E-state index in [1.807, 2.05) is 0 Å². The maximum atomic E-state index is 12.9. The zero-order valence-corrected chi connectivity index (χ0v) is 13.4. The number of hydrogen-bond donors (Lipinski definition) is 3. The fraction of sp³-hybridized carbons (Fsp3) is 0.188. The van der Waals surface area contributed by atoms with Crippen LogP contribution in [-0.4, -0.2) is 24.6 Å². The molecule has 0 fully saturated rings. The molecule has 1 aliphatic rings. The van der Waals surface area contributed by atoms with E-state index in [1.54, 1.807) is 47.9 Å². The molecule has 2 aromatic carbocycles. The van der Waals surface area contributed by atoms with Gasteiger partial charge in [0.25, 0.3) is 10.0 Å². The van der Waals surface area contributed by atoms with Crippen LogP contribution in [0.4, 0.5) is 5.69 Å². The van der Waals surface area contributed by atoms with Crippen LogP contribution in [0.5, 0.6) is 0 Å². The van der Waals surface area contributed by atoms with Crippen molar-refractivity contribution in [2.24, 2.45) is 0 Å². The summed E-state index contributed by atoms with van der Waals surface area (Å²) in [6, 6.07) is 12.1. The van der Waals surface area contributed by atoms with E-state index in [2.05, 4.69) is 0 Å². The highest BCUT2D eigenvalue weighted by Crippen LogP contribution is 2.44. The molecule has 0 bridgehead atoms. The summed E-state index contributed by atoms with van der Waals surface area (Å²) < 4.78 is 27.0. The number of hydrogen-bond acceptors (Lipinski definition) is 5. The summed E-state index contributed by atoms with van der Waals surface area (Å²) in [5, 5.41) is 17.9. The number of nitrogens with one attached hydrogen (secondary N) is 1. The number of sulfonamides is 1. The molecule has 126 valence electrons. The lowest BCUT2D eigenvalue weighted by Crippen LogP contribution is -2.32. The summed E-state index contributed by atoms with van der Waals surface area (Å²) in [6.45, 7) is -0.149. The van der Waals surface area contributed by atoms with Crippen molar-refractivity contribution in [3.63, 3.8) is 0 Å². The van der Waals surface area contributed by atoms with Gasteiger partial charge in [0, 0.05) is 0 Å². The Balaban J connectivity index is 2.12. The summed E-state index contributed by atoms with van der Waals surface area (Å²) in [7, 11) is -3.81. The van der Waals surface area contributed by atoms with Crippen LogP contribution in [0, 0.1) is 0 Å². The molecule has 0 spiro atoms. The Labute approximate surface area is 139 Å². The minimum atomic E-state index is -3.81. The fourth-order valence-electron chi connectivity index (χ4n) is 2.87.